The van der Waals surface area contributed by atoms with Gasteiger partial charge >= 0.3 is 0 Å². The molecule has 2 unspecified atom stereocenters. The zero-order valence-corrected chi connectivity index (χ0v) is 47.9. The van der Waals surface area contributed by atoms with Gasteiger partial charge < -0.3 is 15.5 Å². The van der Waals surface area contributed by atoms with Crippen molar-refractivity contribution in [2.24, 2.45) is 0 Å². The summed E-state index contributed by atoms with van der Waals surface area (Å²) in [7, 11) is 0. The first-order valence-corrected chi connectivity index (χ1v) is 32.7. The van der Waals surface area contributed by atoms with Gasteiger partial charge in [-0.15, -0.1) is 0 Å². The minimum absolute atomic E-state index is 0.0205. The Labute approximate surface area is 435 Å². The van der Waals surface area contributed by atoms with E-state index < -0.39 is 12.1 Å². The molecule has 0 bridgehead atoms. The third-order valence-corrected chi connectivity index (χ3v) is 15.9. The Morgan fingerprint density at radius 2 is 0.464 bits per heavy atom. The van der Waals surface area contributed by atoms with Gasteiger partial charge in [-0.25, -0.2) is 0 Å². The number of hydrogen-bond donors (Lipinski definition) is 3. The summed E-state index contributed by atoms with van der Waals surface area (Å²) < 4.78 is 0. The maximum absolute atomic E-state index is 12.5. The van der Waals surface area contributed by atoms with E-state index >= 15 is 0 Å². The molecule has 0 heterocycles. The number of unbranched alkanes of at least 4 members (excludes halogenated alkanes) is 55. The summed E-state index contributed by atoms with van der Waals surface area (Å²) in [4.78, 5) is 12.5. The van der Waals surface area contributed by atoms with Crippen molar-refractivity contribution in [2.45, 2.75) is 405 Å². The number of aliphatic hydroxyl groups is 2. The van der Waals surface area contributed by atoms with E-state index in [1.165, 1.54) is 340 Å². The zero-order valence-electron chi connectivity index (χ0n) is 47.9. The van der Waals surface area contributed by atoms with Gasteiger partial charge in [0.25, 0.3) is 0 Å². The second-order valence-corrected chi connectivity index (χ2v) is 22.9. The maximum Gasteiger partial charge on any atom is 0.220 e. The van der Waals surface area contributed by atoms with Crippen LogP contribution in [0.2, 0.25) is 0 Å². The summed E-state index contributed by atoms with van der Waals surface area (Å²) in [5.41, 5.74) is 0. The van der Waals surface area contributed by atoms with Crippen LogP contribution in [-0.2, 0) is 4.79 Å². The van der Waals surface area contributed by atoms with Crippen LogP contribution in [0.15, 0.2) is 0 Å². The lowest BCUT2D eigenvalue weighted by molar-refractivity contribution is -0.123. The Kier molecular flexibility index (Phi) is 61.1. The molecule has 0 saturated heterocycles. The van der Waals surface area contributed by atoms with E-state index in [0.717, 1.165) is 25.7 Å². The predicted octanol–water partition coefficient (Wildman–Crippen LogP) is 21.9. The lowest BCUT2D eigenvalue weighted by Crippen LogP contribution is -2.45. The van der Waals surface area contributed by atoms with Crippen molar-refractivity contribution < 1.29 is 15.0 Å². The molecule has 0 aliphatic rings. The molecule has 2 atom stereocenters. The molecule has 0 aromatic rings. The van der Waals surface area contributed by atoms with Crippen LogP contribution < -0.4 is 5.32 Å². The number of nitrogens with one attached hydrogen (secondary N) is 1. The minimum atomic E-state index is -0.655. The van der Waals surface area contributed by atoms with E-state index in [4.69, 9.17) is 0 Å². The van der Waals surface area contributed by atoms with Crippen molar-refractivity contribution in [3.8, 4) is 0 Å². The largest absolute Gasteiger partial charge is 0.394 e. The molecular formula is C65H131NO3. The first kappa shape index (κ1) is 68.4. The highest BCUT2D eigenvalue weighted by molar-refractivity contribution is 5.76. The highest BCUT2D eigenvalue weighted by Gasteiger charge is 2.20. The molecule has 0 aromatic heterocycles. The van der Waals surface area contributed by atoms with Gasteiger partial charge in [0.15, 0.2) is 0 Å². The molecule has 0 radical (unpaired) electrons. The average Bonchev–Trinajstić information content (AvgIpc) is 3.35. The lowest BCUT2D eigenvalue weighted by atomic mass is 10.0. The van der Waals surface area contributed by atoms with Crippen LogP contribution in [0.4, 0.5) is 0 Å². The quantitative estimate of drug-likeness (QED) is 0.0532. The molecule has 4 nitrogen and oxygen atoms in total. The fraction of sp³-hybridized carbons (Fsp3) is 0.985. The average molecular weight is 975 g/mol. The van der Waals surface area contributed by atoms with Gasteiger partial charge in [0, 0.05) is 6.42 Å². The Bertz CT molecular complexity index is 925. The molecule has 414 valence electrons. The van der Waals surface area contributed by atoms with Gasteiger partial charge in [0.1, 0.15) is 0 Å². The number of carbonyl (C=O) groups excluding carboxylic acids is 1. The van der Waals surface area contributed by atoms with Crippen LogP contribution in [-0.4, -0.2) is 34.9 Å². The van der Waals surface area contributed by atoms with Crippen LogP contribution in [0, 0.1) is 0 Å². The third-order valence-electron chi connectivity index (χ3n) is 15.9. The smallest absolute Gasteiger partial charge is 0.220 e. The van der Waals surface area contributed by atoms with Crippen molar-refractivity contribution in [1.82, 2.24) is 5.32 Å². The summed E-state index contributed by atoms with van der Waals surface area (Å²) in [6.07, 6.45) is 80.1. The third kappa shape index (κ3) is 58.2. The Balaban J connectivity index is 3.34. The maximum atomic E-state index is 12.5. The highest BCUT2D eigenvalue weighted by atomic mass is 16.3. The van der Waals surface area contributed by atoms with Gasteiger partial charge in [-0.05, 0) is 12.8 Å². The number of carbonyl (C=O) groups is 1. The summed E-state index contributed by atoms with van der Waals surface area (Å²) in [5.74, 6) is -0.0205. The van der Waals surface area contributed by atoms with E-state index in [0.29, 0.717) is 12.8 Å². The second-order valence-electron chi connectivity index (χ2n) is 22.9. The van der Waals surface area contributed by atoms with Gasteiger partial charge in [0.2, 0.25) is 5.91 Å². The minimum Gasteiger partial charge on any atom is -0.394 e. The predicted molar refractivity (Wildman–Crippen MR) is 309 cm³/mol. The Morgan fingerprint density at radius 3 is 0.652 bits per heavy atom. The van der Waals surface area contributed by atoms with E-state index in [9.17, 15) is 15.0 Å². The van der Waals surface area contributed by atoms with Crippen LogP contribution in [0.5, 0.6) is 0 Å². The SMILES string of the molecule is CCCCCCCCCCCCCCCCCCCCCCCCCCCCCCCCCCCCCCCC(=O)NC(CO)C(O)CCCCCCCCCCCCCCCCCCCCCC. The van der Waals surface area contributed by atoms with Crippen molar-refractivity contribution >= 4 is 5.91 Å². The van der Waals surface area contributed by atoms with Crippen molar-refractivity contribution in [3.05, 3.63) is 0 Å². The van der Waals surface area contributed by atoms with Crippen LogP contribution in [0.25, 0.3) is 0 Å². The molecule has 0 aliphatic heterocycles. The number of rotatable bonds is 62. The van der Waals surface area contributed by atoms with Crippen molar-refractivity contribution in [3.63, 3.8) is 0 Å². The van der Waals surface area contributed by atoms with Gasteiger partial charge in [0.05, 0.1) is 18.8 Å². The normalized spacial score (nSPS) is 12.6. The summed E-state index contributed by atoms with van der Waals surface area (Å²) in [5, 5.41) is 23.4. The lowest BCUT2D eigenvalue weighted by Gasteiger charge is -2.22. The second kappa shape index (κ2) is 61.7. The van der Waals surface area contributed by atoms with E-state index in [1.54, 1.807) is 0 Å². The standard InChI is InChI=1S/C65H131NO3/c1-3-5-7-9-11-13-15-17-19-21-23-25-26-27-28-29-30-31-32-33-34-35-36-37-38-39-40-41-43-45-47-49-51-53-55-57-59-61-65(69)66-63(62-67)64(68)60-58-56-54-52-50-48-46-44-42-24-22-20-18-16-14-12-10-8-6-4-2/h63-64,67-68H,3-62H2,1-2H3,(H,66,69). The summed E-state index contributed by atoms with van der Waals surface area (Å²) in [6.45, 7) is 4.41. The zero-order chi connectivity index (χ0) is 49.9. The Morgan fingerprint density at radius 1 is 0.290 bits per heavy atom. The van der Waals surface area contributed by atoms with Crippen LogP contribution >= 0.6 is 0 Å². The first-order chi connectivity index (χ1) is 34.2. The molecule has 0 rings (SSSR count). The monoisotopic (exact) mass is 974 g/mol. The summed E-state index contributed by atoms with van der Waals surface area (Å²) >= 11 is 0. The summed E-state index contributed by atoms with van der Waals surface area (Å²) in [6, 6.07) is -0.532. The molecule has 0 spiro atoms. The van der Waals surface area contributed by atoms with E-state index in [2.05, 4.69) is 19.2 Å². The fourth-order valence-corrected chi connectivity index (χ4v) is 10.9. The molecule has 69 heavy (non-hydrogen) atoms. The highest BCUT2D eigenvalue weighted by Crippen LogP contribution is 2.20. The molecule has 4 heteroatoms. The number of aliphatic hydroxyl groups excluding tert-OH is 2. The topological polar surface area (TPSA) is 69.6 Å². The first-order valence-electron chi connectivity index (χ1n) is 32.7. The van der Waals surface area contributed by atoms with E-state index in [1.807, 2.05) is 0 Å². The van der Waals surface area contributed by atoms with Crippen LogP contribution in [0.1, 0.15) is 393 Å². The fourth-order valence-electron chi connectivity index (χ4n) is 10.9. The molecule has 0 fully saturated rings. The molecule has 0 saturated carbocycles. The van der Waals surface area contributed by atoms with Crippen LogP contribution in [0.3, 0.4) is 0 Å². The molecule has 0 aromatic carbocycles. The van der Waals surface area contributed by atoms with Gasteiger partial charge in [-0.3, -0.25) is 4.79 Å². The van der Waals surface area contributed by atoms with Gasteiger partial charge in [-0.1, -0.05) is 373 Å². The van der Waals surface area contributed by atoms with Crippen molar-refractivity contribution in [1.29, 1.82) is 0 Å². The molecule has 0 aliphatic carbocycles. The Hall–Kier alpha value is -0.610. The van der Waals surface area contributed by atoms with Crippen molar-refractivity contribution in [2.75, 3.05) is 6.61 Å². The molecular weight excluding hydrogens is 843 g/mol. The van der Waals surface area contributed by atoms with E-state index in [-0.39, 0.29) is 12.5 Å². The molecule has 1 amide bonds. The number of hydrogen-bond acceptors (Lipinski definition) is 3. The molecule has 3 N–H and O–H groups in total. The number of amides is 1. The van der Waals surface area contributed by atoms with Gasteiger partial charge in [-0.2, -0.15) is 0 Å².